The lowest BCUT2D eigenvalue weighted by Gasteiger charge is -2.34. The Bertz CT molecular complexity index is 1140. The van der Waals surface area contributed by atoms with Gasteiger partial charge in [-0.15, -0.1) is 0 Å². The van der Waals surface area contributed by atoms with Gasteiger partial charge in [-0.3, -0.25) is 14.3 Å². The van der Waals surface area contributed by atoms with Crippen molar-refractivity contribution in [3.05, 3.63) is 70.9 Å². The van der Waals surface area contributed by atoms with Crippen molar-refractivity contribution in [1.29, 1.82) is 5.26 Å². The van der Waals surface area contributed by atoms with Gasteiger partial charge in [-0.25, -0.2) is 4.39 Å². The summed E-state index contributed by atoms with van der Waals surface area (Å²) in [5.41, 5.74) is 3.93. The quantitative estimate of drug-likeness (QED) is 0.715. The van der Waals surface area contributed by atoms with E-state index in [4.69, 9.17) is 0 Å². The number of hydrogen-bond acceptors (Lipinski definition) is 3. The van der Waals surface area contributed by atoms with Crippen LogP contribution in [-0.2, 0) is 11.3 Å². The largest absolute Gasteiger partial charge is 0.349 e. The highest BCUT2D eigenvalue weighted by atomic mass is 19.1. The van der Waals surface area contributed by atoms with Crippen molar-refractivity contribution in [3.63, 3.8) is 0 Å². The summed E-state index contributed by atoms with van der Waals surface area (Å²) in [6.45, 7) is 7.67. The van der Waals surface area contributed by atoms with Crippen LogP contribution in [0.3, 0.4) is 0 Å². The van der Waals surface area contributed by atoms with Gasteiger partial charge in [0.15, 0.2) is 0 Å². The molecule has 7 heteroatoms. The fourth-order valence-electron chi connectivity index (χ4n) is 4.17. The average molecular weight is 405 g/mol. The van der Waals surface area contributed by atoms with E-state index in [2.05, 4.69) is 40.0 Å². The maximum Gasteiger partial charge on any atom is 0.239 e. The SMILES string of the molecule is Cc1c(C#N)c(NC(=O)CN2CCn3cccc3[C@@H]2C)n(-c2ccc(F)cc2)c1C. The number of nitrogens with one attached hydrogen (secondary N) is 1. The molecule has 0 unspecified atom stereocenters. The van der Waals surface area contributed by atoms with Crippen LogP contribution in [0.5, 0.6) is 0 Å². The van der Waals surface area contributed by atoms with Crippen molar-refractivity contribution in [3.8, 4) is 11.8 Å². The van der Waals surface area contributed by atoms with Crippen molar-refractivity contribution in [2.75, 3.05) is 18.4 Å². The molecule has 4 rings (SSSR count). The smallest absolute Gasteiger partial charge is 0.239 e. The van der Waals surface area contributed by atoms with Gasteiger partial charge in [-0.1, -0.05) is 0 Å². The van der Waals surface area contributed by atoms with E-state index >= 15 is 0 Å². The molecule has 1 aliphatic heterocycles. The van der Waals surface area contributed by atoms with E-state index in [1.807, 2.05) is 19.9 Å². The second kappa shape index (κ2) is 7.81. The molecule has 30 heavy (non-hydrogen) atoms. The number of anilines is 1. The van der Waals surface area contributed by atoms with Crippen molar-refractivity contribution in [1.82, 2.24) is 14.0 Å². The third-order valence-corrected chi connectivity index (χ3v) is 5.98. The molecule has 0 fully saturated rings. The summed E-state index contributed by atoms with van der Waals surface area (Å²) in [6, 6.07) is 12.4. The second-order valence-electron chi connectivity index (χ2n) is 7.68. The normalized spacial score (nSPS) is 16.2. The number of nitrogens with zero attached hydrogens (tertiary/aromatic N) is 4. The highest BCUT2D eigenvalue weighted by molar-refractivity contribution is 5.93. The molecule has 1 aromatic carbocycles. The van der Waals surface area contributed by atoms with E-state index in [1.54, 1.807) is 16.7 Å². The summed E-state index contributed by atoms with van der Waals surface area (Å²) in [5, 5.41) is 12.7. The molecular weight excluding hydrogens is 381 g/mol. The van der Waals surface area contributed by atoms with Crippen LogP contribution in [0, 0.1) is 31.0 Å². The second-order valence-corrected chi connectivity index (χ2v) is 7.68. The molecule has 154 valence electrons. The van der Waals surface area contributed by atoms with Crippen LogP contribution >= 0.6 is 0 Å². The Kier molecular flexibility index (Phi) is 5.18. The number of carbonyl (C=O) groups excluding carboxylic acids is 1. The van der Waals surface area contributed by atoms with Gasteiger partial charge in [0.05, 0.1) is 12.1 Å². The Labute approximate surface area is 175 Å². The molecule has 0 radical (unpaired) electrons. The molecule has 1 amide bonds. The number of hydrogen-bond donors (Lipinski definition) is 1. The molecule has 1 N–H and O–H groups in total. The molecule has 0 aliphatic carbocycles. The minimum absolute atomic E-state index is 0.127. The van der Waals surface area contributed by atoms with E-state index in [-0.39, 0.29) is 24.3 Å². The summed E-state index contributed by atoms with van der Waals surface area (Å²) in [6.07, 6.45) is 2.06. The molecule has 6 nitrogen and oxygen atoms in total. The molecular formula is C23H24FN5O. The minimum Gasteiger partial charge on any atom is -0.349 e. The lowest BCUT2D eigenvalue weighted by Crippen LogP contribution is -2.41. The first-order chi connectivity index (χ1) is 14.4. The maximum absolute atomic E-state index is 13.4. The number of amides is 1. The van der Waals surface area contributed by atoms with Gasteiger partial charge in [-0.05, 0) is 62.7 Å². The highest BCUT2D eigenvalue weighted by Gasteiger charge is 2.26. The van der Waals surface area contributed by atoms with Gasteiger partial charge in [-0.2, -0.15) is 5.26 Å². The molecule has 1 atom stereocenters. The fraction of sp³-hybridized carbons (Fsp3) is 0.304. The average Bonchev–Trinajstić information content (AvgIpc) is 3.29. The standard InChI is InChI=1S/C23H24FN5O/c1-15-16(2)29(19-8-6-18(24)7-9-19)23(20(15)13-25)26-22(30)14-28-12-11-27-10-4-5-21(27)17(28)3/h4-10,17H,11-12,14H2,1-3H3,(H,26,30)/t17-/m0/s1. The summed E-state index contributed by atoms with van der Waals surface area (Å²) in [4.78, 5) is 15.1. The Hall–Kier alpha value is -3.37. The summed E-state index contributed by atoms with van der Waals surface area (Å²) >= 11 is 0. The zero-order valence-corrected chi connectivity index (χ0v) is 17.3. The Morgan fingerprint density at radius 3 is 2.67 bits per heavy atom. The Balaban J connectivity index is 1.61. The van der Waals surface area contributed by atoms with E-state index in [9.17, 15) is 14.4 Å². The third-order valence-electron chi connectivity index (χ3n) is 5.98. The van der Waals surface area contributed by atoms with Crippen LogP contribution in [0.4, 0.5) is 10.2 Å². The van der Waals surface area contributed by atoms with Crippen LogP contribution in [-0.4, -0.2) is 33.0 Å². The molecule has 0 spiro atoms. The van der Waals surface area contributed by atoms with Gasteiger partial charge in [0.25, 0.3) is 0 Å². The van der Waals surface area contributed by atoms with Crippen molar-refractivity contribution >= 4 is 11.7 Å². The first-order valence-corrected chi connectivity index (χ1v) is 9.97. The number of benzene rings is 1. The Morgan fingerprint density at radius 2 is 1.97 bits per heavy atom. The van der Waals surface area contributed by atoms with Gasteiger partial charge in [0.1, 0.15) is 17.7 Å². The van der Waals surface area contributed by atoms with E-state index in [0.29, 0.717) is 17.1 Å². The van der Waals surface area contributed by atoms with E-state index in [1.165, 1.54) is 17.8 Å². The number of fused-ring (bicyclic) bond motifs is 1. The fourth-order valence-corrected chi connectivity index (χ4v) is 4.17. The number of nitriles is 1. The zero-order chi connectivity index (χ0) is 21.4. The summed E-state index contributed by atoms with van der Waals surface area (Å²) in [5.74, 6) is -0.0911. The van der Waals surface area contributed by atoms with Gasteiger partial charge < -0.3 is 9.88 Å². The lowest BCUT2D eigenvalue weighted by atomic mass is 10.1. The summed E-state index contributed by atoms with van der Waals surface area (Å²) in [7, 11) is 0. The lowest BCUT2D eigenvalue weighted by molar-refractivity contribution is -0.118. The highest BCUT2D eigenvalue weighted by Crippen LogP contribution is 2.30. The molecule has 3 heterocycles. The van der Waals surface area contributed by atoms with Gasteiger partial charge >= 0.3 is 0 Å². The van der Waals surface area contributed by atoms with Gasteiger partial charge in [0, 0.05) is 42.4 Å². The topological polar surface area (TPSA) is 66.0 Å². The minimum atomic E-state index is -0.338. The van der Waals surface area contributed by atoms with Crippen LogP contribution < -0.4 is 5.32 Å². The Morgan fingerprint density at radius 1 is 1.23 bits per heavy atom. The number of aromatic nitrogens is 2. The predicted octanol–water partition coefficient (Wildman–Crippen LogP) is 3.92. The first-order valence-electron chi connectivity index (χ1n) is 9.97. The third kappa shape index (κ3) is 3.40. The number of carbonyl (C=O) groups is 1. The molecule has 1 aliphatic rings. The van der Waals surface area contributed by atoms with E-state index < -0.39 is 0 Å². The molecule has 0 bridgehead atoms. The first kappa shape index (κ1) is 19.9. The van der Waals surface area contributed by atoms with E-state index in [0.717, 1.165) is 24.3 Å². The van der Waals surface area contributed by atoms with Crippen molar-refractivity contribution in [2.24, 2.45) is 0 Å². The van der Waals surface area contributed by atoms with Crippen LogP contribution in [0.25, 0.3) is 5.69 Å². The van der Waals surface area contributed by atoms with Gasteiger partial charge in [0.2, 0.25) is 5.91 Å². The number of halogens is 1. The zero-order valence-electron chi connectivity index (χ0n) is 17.3. The monoisotopic (exact) mass is 405 g/mol. The van der Waals surface area contributed by atoms with Crippen molar-refractivity contribution < 1.29 is 9.18 Å². The van der Waals surface area contributed by atoms with Crippen LogP contribution in [0.1, 0.15) is 35.5 Å². The predicted molar refractivity (Wildman–Crippen MR) is 113 cm³/mol. The molecule has 3 aromatic rings. The number of rotatable bonds is 4. The molecule has 0 saturated carbocycles. The van der Waals surface area contributed by atoms with Crippen LogP contribution in [0.15, 0.2) is 42.6 Å². The summed E-state index contributed by atoms with van der Waals surface area (Å²) < 4.78 is 17.4. The van der Waals surface area contributed by atoms with Crippen molar-refractivity contribution in [2.45, 2.75) is 33.4 Å². The molecule has 2 aromatic heterocycles. The molecule has 0 saturated heterocycles. The van der Waals surface area contributed by atoms with Crippen LogP contribution in [0.2, 0.25) is 0 Å². The maximum atomic E-state index is 13.4.